The molecule has 0 unspecified atom stereocenters. The molecule has 1 nitrogen and oxygen atoms in total. The minimum absolute atomic E-state index is 0.623. The molecule has 0 heterocycles. The van der Waals surface area contributed by atoms with Crippen LogP contribution in [-0.2, 0) is 0 Å². The molecule has 0 atom stereocenters. The van der Waals surface area contributed by atoms with Gasteiger partial charge in [-0.15, -0.1) is 0 Å². The molecule has 0 saturated carbocycles. The fourth-order valence-corrected chi connectivity index (χ4v) is 7.89. The molecule has 0 amide bonds. The van der Waals surface area contributed by atoms with Crippen molar-refractivity contribution < 1.29 is 0 Å². The van der Waals surface area contributed by atoms with Crippen LogP contribution in [0.4, 0.5) is 0 Å². The van der Waals surface area contributed by atoms with Crippen LogP contribution >= 0.6 is 0 Å². The van der Waals surface area contributed by atoms with Crippen molar-refractivity contribution in [2.75, 3.05) is 0 Å². The molecule has 9 aromatic rings. The van der Waals surface area contributed by atoms with Gasteiger partial charge in [0.1, 0.15) is 0 Å². The van der Waals surface area contributed by atoms with Crippen LogP contribution in [0.15, 0.2) is 224 Å². The Hall–Kier alpha value is -7.53. The molecule has 0 N–H and O–H groups in total. The fraction of sp³-hybridized carbons (Fsp3) is 0. The summed E-state index contributed by atoms with van der Waals surface area (Å²) in [5.41, 5.74) is 18.7. The normalized spacial score (nSPS) is 10.8. The number of hydrogen-bond donors (Lipinski definition) is 0. The van der Waals surface area contributed by atoms with E-state index in [9.17, 15) is 5.26 Å². The smallest absolute Gasteiger partial charge is 0.0992 e. The molecule has 0 aliphatic heterocycles. The van der Waals surface area contributed by atoms with E-state index in [1.807, 2.05) is 12.1 Å². The van der Waals surface area contributed by atoms with Gasteiger partial charge in [-0.1, -0.05) is 194 Å². The van der Waals surface area contributed by atoms with E-state index in [4.69, 9.17) is 0 Å². The van der Waals surface area contributed by atoms with Crippen LogP contribution in [0.25, 0.3) is 89.0 Å². The van der Waals surface area contributed by atoms with E-state index in [1.54, 1.807) is 0 Å². The maximum atomic E-state index is 10.3. The van der Waals surface area contributed by atoms with Crippen LogP contribution in [0, 0.1) is 11.3 Å². The predicted molar refractivity (Wildman–Crippen MR) is 235 cm³/mol. The van der Waals surface area contributed by atoms with Gasteiger partial charge in [-0.25, -0.2) is 0 Å². The predicted octanol–water partition coefficient (Wildman–Crippen LogP) is 14.9. The van der Waals surface area contributed by atoms with E-state index in [1.165, 1.54) is 55.6 Å². The Bertz CT molecular complexity index is 2530. The molecule has 262 valence electrons. The number of nitriles is 1. The van der Waals surface area contributed by atoms with E-state index in [-0.39, 0.29) is 0 Å². The second-order valence-corrected chi connectivity index (χ2v) is 14.0. The Kier molecular flexibility index (Phi) is 9.45. The van der Waals surface area contributed by atoms with Crippen LogP contribution in [0.3, 0.4) is 0 Å². The molecule has 0 fully saturated rings. The van der Waals surface area contributed by atoms with Gasteiger partial charge in [0.2, 0.25) is 0 Å². The highest BCUT2D eigenvalue weighted by Gasteiger charge is 2.17. The first kappa shape index (κ1) is 34.3. The number of benzene rings is 9. The largest absolute Gasteiger partial charge is 0.192 e. The summed E-state index contributed by atoms with van der Waals surface area (Å²) in [4.78, 5) is 0. The number of nitrogens with zero attached hydrogens (tertiary/aromatic N) is 1. The Morgan fingerprint density at radius 3 is 0.821 bits per heavy atom. The third-order valence-electron chi connectivity index (χ3n) is 10.5. The molecule has 0 aliphatic rings. The summed E-state index contributed by atoms with van der Waals surface area (Å²) >= 11 is 0. The first-order valence-electron chi connectivity index (χ1n) is 19.0. The number of rotatable bonds is 8. The van der Waals surface area contributed by atoms with E-state index in [0.29, 0.717) is 5.56 Å². The van der Waals surface area contributed by atoms with Crippen molar-refractivity contribution in [2.45, 2.75) is 0 Å². The fourth-order valence-electron chi connectivity index (χ4n) is 7.89. The highest BCUT2D eigenvalue weighted by molar-refractivity contribution is 5.97. The summed E-state index contributed by atoms with van der Waals surface area (Å²) < 4.78 is 0. The molecular formula is C55H37N. The quantitative estimate of drug-likeness (QED) is 0.154. The van der Waals surface area contributed by atoms with Crippen molar-refractivity contribution in [2.24, 2.45) is 0 Å². The molecule has 0 spiro atoms. The molecular weight excluding hydrogens is 675 g/mol. The van der Waals surface area contributed by atoms with E-state index in [2.05, 4.69) is 218 Å². The zero-order chi connectivity index (χ0) is 37.7. The topological polar surface area (TPSA) is 23.8 Å². The van der Waals surface area contributed by atoms with Gasteiger partial charge in [-0.2, -0.15) is 5.26 Å². The summed E-state index contributed by atoms with van der Waals surface area (Å²) in [6.07, 6.45) is 0. The zero-order valence-corrected chi connectivity index (χ0v) is 30.8. The average Bonchev–Trinajstić information content (AvgIpc) is 3.29. The van der Waals surface area contributed by atoms with E-state index >= 15 is 0 Å². The second-order valence-electron chi connectivity index (χ2n) is 14.0. The monoisotopic (exact) mass is 711 g/mol. The van der Waals surface area contributed by atoms with Crippen molar-refractivity contribution in [1.29, 1.82) is 5.26 Å². The molecule has 9 rings (SSSR count). The molecule has 56 heavy (non-hydrogen) atoms. The van der Waals surface area contributed by atoms with Gasteiger partial charge in [0.25, 0.3) is 0 Å². The molecule has 0 saturated heterocycles. The first-order chi connectivity index (χ1) is 27.7. The lowest BCUT2D eigenvalue weighted by atomic mass is 9.86. The van der Waals surface area contributed by atoms with Crippen molar-refractivity contribution in [3.63, 3.8) is 0 Å². The Labute approximate surface area is 329 Å². The molecule has 0 bridgehead atoms. The van der Waals surface area contributed by atoms with Crippen molar-refractivity contribution in [3.05, 3.63) is 230 Å². The van der Waals surface area contributed by atoms with Gasteiger partial charge >= 0.3 is 0 Å². The van der Waals surface area contributed by atoms with Crippen molar-refractivity contribution in [3.8, 4) is 95.1 Å². The van der Waals surface area contributed by atoms with Gasteiger partial charge < -0.3 is 0 Å². The maximum absolute atomic E-state index is 10.3. The van der Waals surface area contributed by atoms with Crippen LogP contribution in [0.2, 0.25) is 0 Å². The standard InChI is InChI=1S/C55H37N/c56-38-39-33-48(44-25-13-27-46(35-44)54-50(40-17-5-1-6-18-40)29-15-30-51(54)41-19-7-2-8-20-41)37-49(34-39)45-26-14-28-47(36-45)55-52(42-21-9-3-10-22-42)31-16-32-53(55)43-23-11-4-12-24-43/h1-37H. The zero-order valence-electron chi connectivity index (χ0n) is 30.8. The molecule has 0 aromatic heterocycles. The highest BCUT2D eigenvalue weighted by atomic mass is 14.2. The SMILES string of the molecule is N#Cc1cc(-c2cccc(-c3c(-c4ccccc4)cccc3-c3ccccc3)c2)cc(-c2cccc(-c3c(-c4ccccc4)cccc3-c3ccccc3)c2)c1. The van der Waals surface area contributed by atoms with Crippen LogP contribution in [-0.4, -0.2) is 0 Å². The second kappa shape index (κ2) is 15.4. The van der Waals surface area contributed by atoms with Gasteiger partial charge in [-0.3, -0.25) is 0 Å². The van der Waals surface area contributed by atoms with Crippen molar-refractivity contribution in [1.82, 2.24) is 0 Å². The minimum Gasteiger partial charge on any atom is -0.192 e. The lowest BCUT2D eigenvalue weighted by Gasteiger charge is -2.18. The maximum Gasteiger partial charge on any atom is 0.0992 e. The van der Waals surface area contributed by atoms with E-state index < -0.39 is 0 Å². The van der Waals surface area contributed by atoms with Gasteiger partial charge in [-0.05, 0) is 119 Å². The molecule has 1 heteroatoms. The minimum atomic E-state index is 0.623. The van der Waals surface area contributed by atoms with Gasteiger partial charge in [0, 0.05) is 0 Å². The Morgan fingerprint density at radius 2 is 0.500 bits per heavy atom. The Balaban J connectivity index is 1.18. The van der Waals surface area contributed by atoms with Crippen LogP contribution in [0.1, 0.15) is 5.56 Å². The van der Waals surface area contributed by atoms with Crippen molar-refractivity contribution >= 4 is 0 Å². The average molecular weight is 712 g/mol. The lowest BCUT2D eigenvalue weighted by molar-refractivity contribution is 1.47. The highest BCUT2D eigenvalue weighted by Crippen LogP contribution is 2.43. The molecule has 0 aliphatic carbocycles. The lowest BCUT2D eigenvalue weighted by Crippen LogP contribution is -1.92. The van der Waals surface area contributed by atoms with Crippen LogP contribution in [0.5, 0.6) is 0 Å². The first-order valence-corrected chi connectivity index (χ1v) is 19.0. The third-order valence-corrected chi connectivity index (χ3v) is 10.5. The summed E-state index contributed by atoms with van der Waals surface area (Å²) in [5, 5.41) is 10.3. The number of hydrogen-bond acceptors (Lipinski definition) is 1. The summed E-state index contributed by atoms with van der Waals surface area (Å²) in [6, 6.07) is 81.7. The summed E-state index contributed by atoms with van der Waals surface area (Å²) in [7, 11) is 0. The Morgan fingerprint density at radius 1 is 0.232 bits per heavy atom. The molecule has 0 radical (unpaired) electrons. The summed E-state index contributed by atoms with van der Waals surface area (Å²) in [6.45, 7) is 0. The summed E-state index contributed by atoms with van der Waals surface area (Å²) in [5.74, 6) is 0. The van der Waals surface area contributed by atoms with E-state index in [0.717, 1.165) is 33.4 Å². The molecule has 9 aromatic carbocycles. The van der Waals surface area contributed by atoms with Crippen LogP contribution < -0.4 is 0 Å². The van der Waals surface area contributed by atoms with Gasteiger partial charge in [0.15, 0.2) is 0 Å². The third kappa shape index (κ3) is 6.85. The van der Waals surface area contributed by atoms with Gasteiger partial charge in [0.05, 0.1) is 11.6 Å².